The predicted octanol–water partition coefficient (Wildman–Crippen LogP) is 1.71. The molecule has 3 nitrogen and oxygen atoms in total. The molecule has 1 saturated heterocycles. The highest BCUT2D eigenvalue weighted by Crippen LogP contribution is 2.30. The Morgan fingerprint density at radius 2 is 1.94 bits per heavy atom. The Bertz CT molecular complexity index is 208. The number of alkyl halides is 3. The fraction of sp³-hybridized carbons (Fsp3) is 1.00. The molecule has 0 aliphatic carbocycles. The molecule has 7 heteroatoms. The van der Waals surface area contributed by atoms with Crippen molar-refractivity contribution in [1.82, 2.24) is 4.90 Å². The average molecular weight is 273 g/mol. The van der Waals surface area contributed by atoms with Crippen LogP contribution in [-0.2, 0) is 4.74 Å². The molecule has 0 aromatic carbocycles. The standard InChI is InChI=1S/C10H18F3NO2S/c11-10(12,13)17-8-5-14-3-1-9(2-4-14)16-7-6-15/h9,15H,1-8H2. The molecule has 1 aliphatic heterocycles. The van der Waals surface area contributed by atoms with Crippen LogP contribution in [0.15, 0.2) is 0 Å². The second kappa shape index (κ2) is 7.45. The number of rotatable bonds is 6. The minimum absolute atomic E-state index is 0.0163. The summed E-state index contributed by atoms with van der Waals surface area (Å²) in [5.41, 5.74) is -4.12. The van der Waals surface area contributed by atoms with Gasteiger partial charge in [-0.05, 0) is 24.6 Å². The van der Waals surface area contributed by atoms with Crippen LogP contribution < -0.4 is 0 Å². The highest BCUT2D eigenvalue weighted by atomic mass is 32.2. The Balaban J connectivity index is 2.07. The Morgan fingerprint density at radius 1 is 1.29 bits per heavy atom. The number of piperidine rings is 1. The van der Waals surface area contributed by atoms with Gasteiger partial charge in [0, 0.05) is 25.4 Å². The van der Waals surface area contributed by atoms with Crippen molar-refractivity contribution in [1.29, 1.82) is 0 Å². The normalized spacial score (nSPS) is 19.8. The Kier molecular flexibility index (Phi) is 6.61. The van der Waals surface area contributed by atoms with Gasteiger partial charge in [0.1, 0.15) is 0 Å². The molecule has 0 amide bonds. The van der Waals surface area contributed by atoms with Crippen molar-refractivity contribution in [3.63, 3.8) is 0 Å². The smallest absolute Gasteiger partial charge is 0.394 e. The molecule has 0 aromatic heterocycles. The number of thioether (sulfide) groups is 1. The number of aliphatic hydroxyl groups excluding tert-OH is 1. The summed E-state index contributed by atoms with van der Waals surface area (Å²) < 4.78 is 41.1. The van der Waals surface area contributed by atoms with Crippen molar-refractivity contribution in [2.45, 2.75) is 24.5 Å². The zero-order valence-electron chi connectivity index (χ0n) is 9.58. The van der Waals surface area contributed by atoms with Gasteiger partial charge < -0.3 is 14.7 Å². The van der Waals surface area contributed by atoms with Crippen LogP contribution in [0, 0.1) is 0 Å². The van der Waals surface area contributed by atoms with Gasteiger partial charge in [0.25, 0.3) is 0 Å². The Morgan fingerprint density at radius 3 is 2.47 bits per heavy atom. The number of likely N-dealkylation sites (tertiary alicyclic amines) is 1. The Labute approximate surface area is 103 Å². The van der Waals surface area contributed by atoms with Crippen LogP contribution in [-0.4, -0.2) is 60.2 Å². The molecule has 1 heterocycles. The molecule has 0 unspecified atom stereocenters. The van der Waals surface area contributed by atoms with Crippen LogP contribution in [0.1, 0.15) is 12.8 Å². The molecular formula is C10H18F3NO2S. The number of aliphatic hydroxyl groups is 1. The molecular weight excluding hydrogens is 255 g/mol. The first kappa shape index (κ1) is 15.1. The van der Waals surface area contributed by atoms with Crippen molar-refractivity contribution >= 4 is 11.8 Å². The maximum absolute atomic E-state index is 11.9. The summed E-state index contributed by atoms with van der Waals surface area (Å²) in [5, 5.41) is 8.60. The predicted molar refractivity (Wildman–Crippen MR) is 61.0 cm³/mol. The van der Waals surface area contributed by atoms with Crippen LogP contribution in [0.3, 0.4) is 0 Å². The molecule has 1 aliphatic rings. The lowest BCUT2D eigenvalue weighted by molar-refractivity contribution is -0.0331. The first-order valence-corrected chi connectivity index (χ1v) is 6.65. The van der Waals surface area contributed by atoms with Gasteiger partial charge in [-0.25, -0.2) is 0 Å². The fourth-order valence-electron chi connectivity index (χ4n) is 1.81. The minimum Gasteiger partial charge on any atom is -0.394 e. The van der Waals surface area contributed by atoms with Gasteiger partial charge in [-0.2, -0.15) is 13.2 Å². The summed E-state index contributed by atoms with van der Waals surface area (Å²) in [6, 6.07) is 0. The van der Waals surface area contributed by atoms with E-state index >= 15 is 0 Å². The van der Waals surface area contributed by atoms with E-state index in [4.69, 9.17) is 9.84 Å². The van der Waals surface area contributed by atoms with Gasteiger partial charge in [-0.15, -0.1) is 0 Å². The maximum atomic E-state index is 11.9. The molecule has 0 atom stereocenters. The van der Waals surface area contributed by atoms with Gasteiger partial charge >= 0.3 is 5.51 Å². The van der Waals surface area contributed by atoms with E-state index < -0.39 is 5.51 Å². The van der Waals surface area contributed by atoms with Crippen molar-refractivity contribution in [3.05, 3.63) is 0 Å². The fourth-order valence-corrected chi connectivity index (χ4v) is 2.39. The third-order valence-corrected chi connectivity index (χ3v) is 3.37. The van der Waals surface area contributed by atoms with E-state index in [-0.39, 0.29) is 30.2 Å². The van der Waals surface area contributed by atoms with E-state index in [1.807, 2.05) is 4.90 Å². The van der Waals surface area contributed by atoms with E-state index in [1.165, 1.54) is 0 Å². The molecule has 1 N–H and O–H groups in total. The number of nitrogens with zero attached hydrogens (tertiary/aromatic N) is 1. The highest BCUT2D eigenvalue weighted by Gasteiger charge is 2.28. The highest BCUT2D eigenvalue weighted by molar-refractivity contribution is 8.00. The molecule has 0 saturated carbocycles. The van der Waals surface area contributed by atoms with Crippen molar-refractivity contribution in [2.24, 2.45) is 0 Å². The third kappa shape index (κ3) is 7.13. The quantitative estimate of drug-likeness (QED) is 0.798. The van der Waals surface area contributed by atoms with E-state index in [9.17, 15) is 13.2 Å². The number of hydrogen-bond donors (Lipinski definition) is 1. The molecule has 0 spiro atoms. The minimum atomic E-state index is -4.12. The molecule has 17 heavy (non-hydrogen) atoms. The Hall–Kier alpha value is 0.0200. The van der Waals surface area contributed by atoms with E-state index in [0.717, 1.165) is 25.9 Å². The second-order valence-corrected chi connectivity index (χ2v) is 5.09. The maximum Gasteiger partial charge on any atom is 0.441 e. The van der Waals surface area contributed by atoms with Crippen LogP contribution >= 0.6 is 11.8 Å². The summed E-state index contributed by atoms with van der Waals surface area (Å²) in [6.45, 7) is 2.37. The topological polar surface area (TPSA) is 32.7 Å². The third-order valence-electron chi connectivity index (χ3n) is 2.65. The average Bonchev–Trinajstić information content (AvgIpc) is 2.26. The van der Waals surface area contributed by atoms with E-state index in [1.54, 1.807) is 0 Å². The monoisotopic (exact) mass is 273 g/mol. The van der Waals surface area contributed by atoms with Gasteiger partial charge in [-0.1, -0.05) is 0 Å². The number of halogens is 3. The van der Waals surface area contributed by atoms with E-state index in [2.05, 4.69) is 0 Å². The van der Waals surface area contributed by atoms with Crippen LogP contribution in [0.25, 0.3) is 0 Å². The summed E-state index contributed by atoms with van der Waals surface area (Å²) >= 11 is 0.0359. The van der Waals surface area contributed by atoms with E-state index in [0.29, 0.717) is 13.2 Å². The molecule has 1 rings (SSSR count). The lowest BCUT2D eigenvalue weighted by Crippen LogP contribution is -2.38. The second-order valence-electron chi connectivity index (χ2n) is 3.93. The zero-order chi connectivity index (χ0) is 12.7. The lowest BCUT2D eigenvalue weighted by Gasteiger charge is -2.31. The van der Waals surface area contributed by atoms with Crippen LogP contribution in [0.4, 0.5) is 13.2 Å². The van der Waals surface area contributed by atoms with Crippen molar-refractivity contribution in [3.8, 4) is 0 Å². The summed E-state index contributed by atoms with van der Waals surface area (Å²) in [4.78, 5) is 2.03. The number of hydrogen-bond acceptors (Lipinski definition) is 4. The molecule has 1 fully saturated rings. The number of ether oxygens (including phenoxy) is 1. The zero-order valence-corrected chi connectivity index (χ0v) is 10.4. The molecule has 0 radical (unpaired) electrons. The lowest BCUT2D eigenvalue weighted by atomic mass is 10.1. The summed E-state index contributed by atoms with van der Waals surface area (Å²) in [6.07, 6.45) is 1.81. The van der Waals surface area contributed by atoms with Gasteiger partial charge in [0.2, 0.25) is 0 Å². The first-order chi connectivity index (χ1) is 8.01. The molecule has 0 bridgehead atoms. The molecule has 0 aromatic rings. The van der Waals surface area contributed by atoms with Gasteiger partial charge in [0.15, 0.2) is 0 Å². The van der Waals surface area contributed by atoms with Crippen molar-refractivity contribution < 1.29 is 23.0 Å². The largest absolute Gasteiger partial charge is 0.441 e. The van der Waals surface area contributed by atoms with Gasteiger partial charge in [-0.3, -0.25) is 0 Å². The van der Waals surface area contributed by atoms with Crippen LogP contribution in [0.2, 0.25) is 0 Å². The molecule has 102 valence electrons. The summed E-state index contributed by atoms with van der Waals surface area (Å²) in [5.74, 6) is 0.0890. The van der Waals surface area contributed by atoms with Crippen molar-refractivity contribution in [2.75, 3.05) is 38.6 Å². The first-order valence-electron chi connectivity index (χ1n) is 5.67. The van der Waals surface area contributed by atoms with Gasteiger partial charge in [0.05, 0.1) is 19.3 Å². The van der Waals surface area contributed by atoms with Crippen LogP contribution in [0.5, 0.6) is 0 Å². The SMILES string of the molecule is OCCOC1CCN(CCSC(F)(F)F)CC1. The summed E-state index contributed by atoms with van der Waals surface area (Å²) in [7, 11) is 0.